The molecule has 2 heterocycles. The van der Waals surface area contributed by atoms with Crippen molar-refractivity contribution in [2.45, 2.75) is 76.2 Å². The van der Waals surface area contributed by atoms with E-state index in [-0.39, 0.29) is 11.0 Å². The molecule has 1 atom stereocenters. The minimum Gasteiger partial charge on any atom is -0.489 e. The van der Waals surface area contributed by atoms with Crippen LogP contribution in [0.15, 0.2) is 47.5 Å². The van der Waals surface area contributed by atoms with Gasteiger partial charge in [0.25, 0.3) is 0 Å². The van der Waals surface area contributed by atoms with Gasteiger partial charge in [0.2, 0.25) is 5.95 Å². The fourth-order valence-electron chi connectivity index (χ4n) is 4.48. The highest BCUT2D eigenvalue weighted by molar-refractivity contribution is 14.1. The van der Waals surface area contributed by atoms with Crippen molar-refractivity contribution in [2.24, 2.45) is 0 Å². The van der Waals surface area contributed by atoms with E-state index in [2.05, 4.69) is 67.6 Å². The number of piperidine rings is 1. The summed E-state index contributed by atoms with van der Waals surface area (Å²) in [4.78, 5) is 9.42. The molecule has 0 amide bonds. The van der Waals surface area contributed by atoms with Crippen molar-refractivity contribution in [3.05, 3.63) is 57.3 Å². The van der Waals surface area contributed by atoms with Gasteiger partial charge < -0.3 is 20.7 Å². The Labute approximate surface area is 239 Å². The maximum atomic E-state index is 12.9. The summed E-state index contributed by atoms with van der Waals surface area (Å²) in [6.07, 6.45) is 5.23. The zero-order valence-electron chi connectivity index (χ0n) is 22.5. The van der Waals surface area contributed by atoms with Crippen LogP contribution in [0.1, 0.15) is 64.1 Å². The summed E-state index contributed by atoms with van der Waals surface area (Å²) in [5.74, 6) is 1.65. The van der Waals surface area contributed by atoms with E-state index in [4.69, 9.17) is 4.74 Å². The van der Waals surface area contributed by atoms with Crippen LogP contribution < -0.4 is 20.7 Å². The number of nitrogens with zero attached hydrogens (tertiary/aromatic N) is 2. The third-order valence-electron chi connectivity index (χ3n) is 6.47. The van der Waals surface area contributed by atoms with Gasteiger partial charge in [-0.25, -0.2) is 13.4 Å². The average Bonchev–Trinajstić information content (AvgIpc) is 2.88. The molecule has 0 radical (unpaired) electrons. The number of rotatable bonds is 9. The van der Waals surface area contributed by atoms with Crippen LogP contribution in [-0.4, -0.2) is 36.3 Å². The van der Waals surface area contributed by atoms with E-state index in [1.807, 2.05) is 13.8 Å². The van der Waals surface area contributed by atoms with Crippen LogP contribution >= 0.6 is 22.6 Å². The van der Waals surface area contributed by atoms with Crippen LogP contribution in [0, 0.1) is 10.5 Å². The number of para-hydroxylation sites is 1. The lowest BCUT2D eigenvalue weighted by molar-refractivity contribution is 0.243. The molecule has 2 aromatic carbocycles. The zero-order valence-corrected chi connectivity index (χ0v) is 25.5. The molecule has 1 fully saturated rings. The van der Waals surface area contributed by atoms with Crippen molar-refractivity contribution in [3.63, 3.8) is 0 Å². The number of hydrogen-bond donors (Lipinski definition) is 3. The molecule has 8 nitrogen and oxygen atoms in total. The summed E-state index contributed by atoms with van der Waals surface area (Å²) >= 11 is 2.14. The van der Waals surface area contributed by atoms with Crippen LogP contribution in [0.2, 0.25) is 0 Å². The molecule has 0 spiro atoms. The van der Waals surface area contributed by atoms with E-state index in [0.717, 1.165) is 28.0 Å². The van der Waals surface area contributed by atoms with Crippen LogP contribution in [0.5, 0.6) is 5.75 Å². The summed E-state index contributed by atoms with van der Waals surface area (Å²) in [7, 11) is -3.48. The summed E-state index contributed by atoms with van der Waals surface area (Å²) in [6.45, 7) is 10.5. The second kappa shape index (κ2) is 12.2. The van der Waals surface area contributed by atoms with E-state index >= 15 is 0 Å². The third-order valence-corrected chi connectivity index (χ3v) is 9.47. The first-order chi connectivity index (χ1) is 18.1. The first kappa shape index (κ1) is 28.6. The van der Waals surface area contributed by atoms with Gasteiger partial charge in [-0.3, -0.25) is 0 Å². The van der Waals surface area contributed by atoms with Crippen molar-refractivity contribution in [1.82, 2.24) is 15.3 Å². The Kier molecular flexibility index (Phi) is 9.15. The van der Waals surface area contributed by atoms with E-state index in [1.54, 1.807) is 44.3 Å². The molecule has 0 unspecified atom stereocenters. The monoisotopic (exact) mass is 649 g/mol. The molecule has 38 heavy (non-hydrogen) atoms. The predicted octanol–water partition coefficient (Wildman–Crippen LogP) is 6.66. The van der Waals surface area contributed by atoms with Gasteiger partial charge in [-0.1, -0.05) is 18.6 Å². The van der Waals surface area contributed by atoms with E-state index in [0.29, 0.717) is 23.5 Å². The van der Waals surface area contributed by atoms with Gasteiger partial charge in [-0.2, -0.15) is 4.98 Å². The number of halogens is 1. The summed E-state index contributed by atoms with van der Waals surface area (Å²) in [5, 5.41) is 9.65. The number of sulfone groups is 1. The van der Waals surface area contributed by atoms with E-state index < -0.39 is 15.1 Å². The van der Waals surface area contributed by atoms with Gasteiger partial charge >= 0.3 is 0 Å². The zero-order chi connectivity index (χ0) is 27.4. The molecule has 3 aromatic rings. The number of aromatic nitrogens is 2. The fourth-order valence-corrected chi connectivity index (χ4v) is 6.08. The number of ether oxygens (including phenoxy) is 1. The molecule has 1 aliphatic rings. The largest absolute Gasteiger partial charge is 0.489 e. The number of nitrogens with one attached hydrogen (secondary N) is 3. The van der Waals surface area contributed by atoms with Crippen molar-refractivity contribution in [3.8, 4) is 5.75 Å². The topological polar surface area (TPSA) is 105 Å². The lowest BCUT2D eigenvalue weighted by atomic mass is 9.93. The molecule has 10 heteroatoms. The molecule has 3 N–H and O–H groups in total. The first-order valence-corrected chi connectivity index (χ1v) is 15.6. The second-order valence-corrected chi connectivity index (χ2v) is 13.7. The Hall–Kier alpha value is -2.44. The highest BCUT2D eigenvalue weighted by Crippen LogP contribution is 2.36. The molecular weight excluding hydrogens is 613 g/mol. The lowest BCUT2D eigenvalue weighted by Crippen LogP contribution is -2.27. The summed E-state index contributed by atoms with van der Waals surface area (Å²) in [5.41, 5.74) is 3.68. The predicted molar refractivity (Wildman–Crippen MR) is 162 cm³/mol. The Bertz CT molecular complexity index is 1390. The van der Waals surface area contributed by atoms with E-state index in [9.17, 15) is 8.42 Å². The van der Waals surface area contributed by atoms with Gasteiger partial charge in [-0.15, -0.1) is 0 Å². The van der Waals surface area contributed by atoms with Crippen molar-refractivity contribution >= 4 is 55.6 Å². The minimum absolute atomic E-state index is 0.000281. The van der Waals surface area contributed by atoms with Gasteiger partial charge in [0, 0.05) is 12.2 Å². The number of benzene rings is 2. The number of anilines is 4. The summed E-state index contributed by atoms with van der Waals surface area (Å²) in [6, 6.07) is 11.4. The van der Waals surface area contributed by atoms with Crippen LogP contribution in [0.4, 0.5) is 23.1 Å². The highest BCUT2D eigenvalue weighted by atomic mass is 127. The molecule has 1 aromatic heterocycles. The lowest BCUT2D eigenvalue weighted by Gasteiger charge is -2.27. The number of hydrogen-bond acceptors (Lipinski definition) is 8. The molecule has 0 aliphatic carbocycles. The number of aryl methyl sites for hydroxylation is 1. The maximum absolute atomic E-state index is 12.9. The van der Waals surface area contributed by atoms with Gasteiger partial charge in [0.1, 0.15) is 11.6 Å². The highest BCUT2D eigenvalue weighted by Gasteiger charge is 2.24. The Balaban J connectivity index is 1.66. The van der Waals surface area contributed by atoms with E-state index in [1.165, 1.54) is 24.0 Å². The maximum Gasteiger partial charge on any atom is 0.229 e. The average molecular weight is 650 g/mol. The standard InChI is InChI=1S/C28H36IN5O3S/c1-17(2)37-25-15-20(22-10-8-9-13-30-22)19(5)14-24(25)33-28-31-16-21(29)27(34-28)32-23-11-6-7-12-26(23)38(35,36)18(3)4/h6-7,11-12,14-18,22,30H,8-10,13H2,1-5H3,(H2,31,32,33,34)/t22-/m1/s1. The fraction of sp³-hybridized carbons (Fsp3) is 0.429. The normalized spacial score (nSPS) is 16.1. The third kappa shape index (κ3) is 6.58. The Morgan fingerprint density at radius 2 is 1.84 bits per heavy atom. The van der Waals surface area contributed by atoms with Gasteiger partial charge in [0.05, 0.1) is 31.2 Å². The summed E-state index contributed by atoms with van der Waals surface area (Å²) < 4.78 is 32.8. The molecule has 0 saturated carbocycles. The molecule has 4 rings (SSSR count). The quantitative estimate of drug-likeness (QED) is 0.221. The minimum atomic E-state index is -3.48. The van der Waals surface area contributed by atoms with Crippen LogP contribution in [-0.2, 0) is 9.84 Å². The van der Waals surface area contributed by atoms with Gasteiger partial charge in [0.15, 0.2) is 9.84 Å². The second-order valence-electron chi connectivity index (χ2n) is 10.1. The Morgan fingerprint density at radius 1 is 1.08 bits per heavy atom. The molecule has 0 bridgehead atoms. The van der Waals surface area contributed by atoms with Crippen LogP contribution in [0.25, 0.3) is 0 Å². The smallest absolute Gasteiger partial charge is 0.229 e. The molecule has 1 saturated heterocycles. The van der Waals surface area contributed by atoms with Crippen molar-refractivity contribution < 1.29 is 13.2 Å². The molecule has 204 valence electrons. The SMILES string of the molecule is Cc1cc(Nc2ncc(I)c(Nc3ccccc3S(=O)(=O)C(C)C)n2)c(OC(C)C)cc1[C@H]1CCCCN1. The molecular formula is C28H36IN5O3S. The van der Waals surface area contributed by atoms with Crippen molar-refractivity contribution in [1.29, 1.82) is 0 Å². The van der Waals surface area contributed by atoms with Crippen molar-refractivity contribution in [2.75, 3.05) is 17.2 Å². The first-order valence-electron chi connectivity index (χ1n) is 13.0. The van der Waals surface area contributed by atoms with Crippen LogP contribution in [0.3, 0.4) is 0 Å². The Morgan fingerprint density at radius 3 is 2.53 bits per heavy atom. The van der Waals surface area contributed by atoms with Gasteiger partial charge in [-0.05, 0) is 112 Å². The molecule has 1 aliphatic heterocycles.